The van der Waals surface area contributed by atoms with Crippen molar-refractivity contribution in [1.82, 2.24) is 0 Å². The minimum atomic E-state index is 1.11. The summed E-state index contributed by atoms with van der Waals surface area (Å²) in [5.74, 6) is 0. The molecular weight excluding hydrogens is 156 g/mol. The van der Waals surface area contributed by atoms with Gasteiger partial charge in [-0.3, -0.25) is 0 Å². The second-order valence-corrected chi connectivity index (χ2v) is 3.89. The molecule has 0 heterocycles. The van der Waals surface area contributed by atoms with E-state index in [1.54, 1.807) is 5.57 Å². The van der Waals surface area contributed by atoms with Gasteiger partial charge in [0.25, 0.3) is 0 Å². The Hall–Kier alpha value is -0.520. The van der Waals surface area contributed by atoms with Gasteiger partial charge in [-0.2, -0.15) is 0 Å². The van der Waals surface area contributed by atoms with Crippen LogP contribution in [0.2, 0.25) is 0 Å². The maximum atomic E-state index is 3.47. The van der Waals surface area contributed by atoms with Crippen molar-refractivity contribution >= 4 is 0 Å². The third-order valence-corrected chi connectivity index (χ3v) is 2.57. The Labute approximate surface area is 82.7 Å². The van der Waals surface area contributed by atoms with Gasteiger partial charge in [0.05, 0.1) is 0 Å². The fourth-order valence-corrected chi connectivity index (χ4v) is 1.67. The molecule has 0 aromatic heterocycles. The highest BCUT2D eigenvalue weighted by Gasteiger charge is 2.05. The molecular formula is C13H21. The maximum absolute atomic E-state index is 3.47. The highest BCUT2D eigenvalue weighted by atomic mass is 14.1. The minimum absolute atomic E-state index is 1.11. The van der Waals surface area contributed by atoms with Gasteiger partial charge < -0.3 is 0 Å². The van der Waals surface area contributed by atoms with Crippen molar-refractivity contribution in [2.24, 2.45) is 0 Å². The molecule has 0 saturated carbocycles. The fourth-order valence-electron chi connectivity index (χ4n) is 1.67. The largest absolute Gasteiger partial charge is 0.0655 e. The molecule has 0 N–H and O–H groups in total. The van der Waals surface area contributed by atoms with Crippen LogP contribution >= 0.6 is 0 Å². The average molecular weight is 177 g/mol. The first-order valence-corrected chi connectivity index (χ1v) is 5.66. The summed E-state index contributed by atoms with van der Waals surface area (Å²) in [6.07, 6.45) is 14.8. The van der Waals surface area contributed by atoms with Crippen molar-refractivity contribution in [3.63, 3.8) is 0 Å². The van der Waals surface area contributed by atoms with Gasteiger partial charge in [0.2, 0.25) is 0 Å². The first kappa shape index (κ1) is 10.6. The number of hydrogen-bond donors (Lipinski definition) is 0. The van der Waals surface area contributed by atoms with Crippen molar-refractivity contribution in [2.45, 2.75) is 58.8 Å². The van der Waals surface area contributed by atoms with Crippen LogP contribution in [0.5, 0.6) is 0 Å². The number of rotatable bonds is 6. The summed E-state index contributed by atoms with van der Waals surface area (Å²) < 4.78 is 0. The first-order valence-electron chi connectivity index (χ1n) is 5.66. The molecule has 1 aliphatic rings. The summed E-state index contributed by atoms with van der Waals surface area (Å²) in [7, 11) is 0. The van der Waals surface area contributed by atoms with E-state index < -0.39 is 0 Å². The predicted octanol–water partition coefficient (Wildman–Crippen LogP) is 4.43. The summed E-state index contributed by atoms with van der Waals surface area (Å²) in [5.41, 5.74) is 3.07. The molecule has 0 heteroatoms. The van der Waals surface area contributed by atoms with E-state index in [1.165, 1.54) is 44.1 Å². The van der Waals surface area contributed by atoms with Gasteiger partial charge in [-0.1, -0.05) is 38.3 Å². The van der Waals surface area contributed by atoms with Gasteiger partial charge in [0, 0.05) is 0 Å². The zero-order valence-electron chi connectivity index (χ0n) is 9.03. The predicted molar refractivity (Wildman–Crippen MR) is 58.5 cm³/mol. The van der Waals surface area contributed by atoms with Crippen molar-refractivity contribution < 1.29 is 0 Å². The highest BCUT2D eigenvalue weighted by Crippen LogP contribution is 2.24. The van der Waals surface area contributed by atoms with Crippen LogP contribution in [0.15, 0.2) is 17.2 Å². The minimum Gasteiger partial charge on any atom is -0.0655 e. The highest BCUT2D eigenvalue weighted by molar-refractivity contribution is 5.29. The molecule has 0 aromatic rings. The Morgan fingerprint density at radius 2 is 1.85 bits per heavy atom. The molecule has 73 valence electrons. The zero-order chi connectivity index (χ0) is 9.52. The van der Waals surface area contributed by atoms with Crippen LogP contribution in [0.4, 0.5) is 0 Å². The molecule has 1 aliphatic carbocycles. The summed E-state index contributed by atoms with van der Waals surface area (Å²) in [6.45, 7) is 4.50. The third kappa shape index (κ3) is 3.80. The van der Waals surface area contributed by atoms with Crippen LogP contribution in [0.1, 0.15) is 58.8 Å². The molecule has 1 rings (SSSR count). The van der Waals surface area contributed by atoms with Crippen LogP contribution in [-0.2, 0) is 0 Å². The number of allylic oxidation sites excluding steroid dienone is 4. The van der Waals surface area contributed by atoms with E-state index in [1.807, 2.05) is 0 Å². The van der Waals surface area contributed by atoms with Crippen LogP contribution in [0.3, 0.4) is 0 Å². The second-order valence-electron chi connectivity index (χ2n) is 3.89. The van der Waals surface area contributed by atoms with Crippen molar-refractivity contribution in [3.8, 4) is 0 Å². The van der Waals surface area contributed by atoms with E-state index in [-0.39, 0.29) is 0 Å². The standard InChI is InChI=1S/C13H21/c1-3-5-7-12-9-10-13(11-12)8-6-4-2/h11H,3-9H2,1-2H3. The average Bonchev–Trinajstić information content (AvgIpc) is 2.59. The first-order chi connectivity index (χ1) is 6.36. The molecule has 0 fully saturated rings. The molecule has 0 atom stereocenters. The molecule has 0 aliphatic heterocycles. The summed E-state index contributed by atoms with van der Waals surface area (Å²) in [4.78, 5) is 0. The van der Waals surface area contributed by atoms with Crippen LogP contribution in [0, 0.1) is 6.08 Å². The van der Waals surface area contributed by atoms with Gasteiger partial charge in [-0.05, 0) is 43.8 Å². The van der Waals surface area contributed by atoms with E-state index in [4.69, 9.17) is 0 Å². The molecule has 13 heavy (non-hydrogen) atoms. The Balaban J connectivity index is 2.24. The van der Waals surface area contributed by atoms with Gasteiger partial charge in [0.15, 0.2) is 0 Å². The maximum Gasteiger partial charge on any atom is -0.00582 e. The van der Waals surface area contributed by atoms with Gasteiger partial charge in [0.1, 0.15) is 0 Å². The quantitative estimate of drug-likeness (QED) is 0.563. The van der Waals surface area contributed by atoms with Crippen molar-refractivity contribution in [2.75, 3.05) is 0 Å². The van der Waals surface area contributed by atoms with Gasteiger partial charge in [-0.15, -0.1) is 0 Å². The monoisotopic (exact) mass is 177 g/mol. The summed E-state index contributed by atoms with van der Waals surface area (Å²) in [5, 5.41) is 0. The van der Waals surface area contributed by atoms with Crippen LogP contribution in [0.25, 0.3) is 0 Å². The van der Waals surface area contributed by atoms with Crippen molar-refractivity contribution in [1.29, 1.82) is 0 Å². The third-order valence-electron chi connectivity index (χ3n) is 2.57. The molecule has 1 radical (unpaired) electrons. The van der Waals surface area contributed by atoms with E-state index in [0.717, 1.165) is 6.42 Å². The van der Waals surface area contributed by atoms with Gasteiger partial charge in [-0.25, -0.2) is 0 Å². The number of hydrogen-bond acceptors (Lipinski definition) is 0. The normalized spacial score (nSPS) is 15.8. The Morgan fingerprint density at radius 1 is 1.15 bits per heavy atom. The lowest BCUT2D eigenvalue weighted by molar-refractivity contribution is 0.777. The SMILES string of the molecule is CCCCC1=[C]CC(CCCC)=C1. The van der Waals surface area contributed by atoms with E-state index in [0.29, 0.717) is 0 Å². The fraction of sp³-hybridized carbons (Fsp3) is 0.692. The zero-order valence-corrected chi connectivity index (χ0v) is 9.03. The molecule has 0 bridgehead atoms. The van der Waals surface area contributed by atoms with Crippen molar-refractivity contribution in [3.05, 3.63) is 23.3 Å². The Kier molecular flexibility index (Phi) is 4.88. The second kappa shape index (κ2) is 6.01. The molecule has 0 nitrogen and oxygen atoms in total. The van der Waals surface area contributed by atoms with E-state index in [2.05, 4.69) is 26.0 Å². The Morgan fingerprint density at radius 3 is 2.54 bits per heavy atom. The molecule has 0 saturated heterocycles. The molecule has 0 unspecified atom stereocenters. The summed E-state index contributed by atoms with van der Waals surface area (Å²) in [6, 6.07) is 0. The Bertz CT molecular complexity index is 196. The molecule has 0 amide bonds. The number of unbranched alkanes of at least 4 members (excludes halogenated alkanes) is 2. The van der Waals surface area contributed by atoms with Crippen LogP contribution in [-0.4, -0.2) is 0 Å². The van der Waals surface area contributed by atoms with Crippen LogP contribution < -0.4 is 0 Å². The topological polar surface area (TPSA) is 0 Å². The summed E-state index contributed by atoms with van der Waals surface area (Å²) >= 11 is 0. The lowest BCUT2D eigenvalue weighted by Gasteiger charge is -1.98. The lowest BCUT2D eigenvalue weighted by Crippen LogP contribution is -1.78. The smallest absolute Gasteiger partial charge is 0.00582 e. The van der Waals surface area contributed by atoms with Gasteiger partial charge >= 0.3 is 0 Å². The van der Waals surface area contributed by atoms with E-state index in [9.17, 15) is 0 Å². The molecule has 0 aromatic carbocycles. The molecule has 0 spiro atoms. The lowest BCUT2D eigenvalue weighted by atomic mass is 10.1. The van der Waals surface area contributed by atoms with E-state index >= 15 is 0 Å².